The Kier molecular flexibility index (Phi) is 7.22. The van der Waals surface area contributed by atoms with E-state index in [9.17, 15) is 33.2 Å². The van der Waals surface area contributed by atoms with E-state index in [0.717, 1.165) is 17.7 Å². The highest BCUT2D eigenvalue weighted by Crippen LogP contribution is 2.35. The van der Waals surface area contributed by atoms with Crippen LogP contribution in [0.4, 0.5) is 24.5 Å². The number of nitro groups is 1. The number of nitro benzene ring substituents is 1. The van der Waals surface area contributed by atoms with Crippen LogP contribution in [-0.2, 0) is 12.7 Å². The molecule has 5 rings (SSSR count). The van der Waals surface area contributed by atoms with Gasteiger partial charge in [-0.05, 0) is 54.1 Å². The van der Waals surface area contributed by atoms with Crippen molar-refractivity contribution in [2.75, 3.05) is 31.1 Å². The highest BCUT2D eigenvalue weighted by Gasteiger charge is 2.30. The summed E-state index contributed by atoms with van der Waals surface area (Å²) in [5, 5.41) is 29.4. The molecular weight excluding hydrogens is 531 g/mol. The Bertz CT molecular complexity index is 1550. The lowest BCUT2D eigenvalue weighted by atomic mass is 10.1. The minimum absolute atomic E-state index is 0.00189. The molecule has 40 heavy (non-hydrogen) atoms. The number of hydrogen-bond acceptors (Lipinski definition) is 9. The first-order chi connectivity index (χ1) is 19.1. The topological polar surface area (TPSA) is 126 Å². The number of anilines is 1. The van der Waals surface area contributed by atoms with Crippen LogP contribution in [0.1, 0.15) is 21.5 Å². The normalized spacial score (nSPS) is 14.3. The van der Waals surface area contributed by atoms with Gasteiger partial charge < -0.3 is 14.4 Å². The Balaban J connectivity index is 1.29. The molecule has 1 fully saturated rings. The Labute approximate surface area is 225 Å². The summed E-state index contributed by atoms with van der Waals surface area (Å²) in [5.41, 5.74) is 1.16. The number of aldehydes is 1. The minimum atomic E-state index is -4.47. The van der Waals surface area contributed by atoms with Gasteiger partial charge in [0.05, 0.1) is 16.1 Å². The molecule has 0 unspecified atom stereocenters. The first kappa shape index (κ1) is 26.8. The van der Waals surface area contributed by atoms with Crippen molar-refractivity contribution in [3.63, 3.8) is 0 Å². The van der Waals surface area contributed by atoms with Crippen molar-refractivity contribution in [1.29, 1.82) is 0 Å². The van der Waals surface area contributed by atoms with Crippen molar-refractivity contribution in [3.8, 4) is 28.7 Å². The molecule has 1 aliphatic rings. The monoisotopic (exact) mass is 553 g/mol. The molecule has 0 spiro atoms. The Morgan fingerprint density at radius 3 is 2.23 bits per heavy atom. The molecule has 0 saturated carbocycles. The molecule has 1 aliphatic heterocycles. The van der Waals surface area contributed by atoms with Gasteiger partial charge >= 0.3 is 6.18 Å². The van der Waals surface area contributed by atoms with Crippen LogP contribution in [-0.4, -0.2) is 57.6 Å². The van der Waals surface area contributed by atoms with E-state index in [1.165, 1.54) is 24.3 Å². The molecule has 3 aromatic carbocycles. The maximum atomic E-state index is 12.8. The number of aromatic nitrogens is 2. The van der Waals surface area contributed by atoms with E-state index in [-0.39, 0.29) is 34.3 Å². The van der Waals surface area contributed by atoms with Crippen LogP contribution in [0.15, 0.2) is 65.1 Å². The number of carbonyl (C=O) groups excluding carboxylic acids is 1. The van der Waals surface area contributed by atoms with Gasteiger partial charge in [-0.2, -0.15) is 13.2 Å². The molecule has 0 radical (unpaired) electrons. The molecule has 0 bridgehead atoms. The second-order valence-corrected chi connectivity index (χ2v) is 9.22. The largest absolute Gasteiger partial charge is 0.507 e. The maximum Gasteiger partial charge on any atom is 0.416 e. The quantitative estimate of drug-likeness (QED) is 0.187. The van der Waals surface area contributed by atoms with Crippen LogP contribution in [0, 0.1) is 10.1 Å². The molecule has 4 aromatic rings. The SMILES string of the molecule is O=Cc1cc(CN2CCN(c3ccc(-c4nnc(-c5ccc(C(F)(F)F)cc5)o4)cc3[N+](=O)[O-])CC2)ccc1O. The van der Waals surface area contributed by atoms with Gasteiger partial charge in [0.25, 0.3) is 5.69 Å². The molecule has 206 valence electrons. The van der Waals surface area contributed by atoms with Crippen molar-refractivity contribution < 1.29 is 32.4 Å². The zero-order valence-electron chi connectivity index (χ0n) is 20.8. The van der Waals surface area contributed by atoms with E-state index < -0.39 is 16.7 Å². The lowest BCUT2D eigenvalue weighted by molar-refractivity contribution is -0.384. The van der Waals surface area contributed by atoms with Crippen LogP contribution in [0.2, 0.25) is 0 Å². The maximum absolute atomic E-state index is 12.8. The van der Waals surface area contributed by atoms with Crippen LogP contribution >= 0.6 is 0 Å². The van der Waals surface area contributed by atoms with Gasteiger partial charge in [-0.3, -0.25) is 19.8 Å². The van der Waals surface area contributed by atoms with E-state index in [4.69, 9.17) is 4.42 Å². The van der Waals surface area contributed by atoms with Gasteiger partial charge in [0, 0.05) is 49.9 Å². The van der Waals surface area contributed by atoms with Gasteiger partial charge in [0.2, 0.25) is 11.8 Å². The second-order valence-electron chi connectivity index (χ2n) is 9.22. The van der Waals surface area contributed by atoms with E-state index >= 15 is 0 Å². The fourth-order valence-corrected chi connectivity index (χ4v) is 4.53. The first-order valence-corrected chi connectivity index (χ1v) is 12.2. The molecule has 1 aromatic heterocycles. The first-order valence-electron chi connectivity index (χ1n) is 12.2. The van der Waals surface area contributed by atoms with E-state index in [2.05, 4.69) is 15.1 Å². The van der Waals surface area contributed by atoms with Gasteiger partial charge in [-0.15, -0.1) is 10.2 Å². The van der Waals surface area contributed by atoms with Gasteiger partial charge in [0.1, 0.15) is 11.4 Å². The van der Waals surface area contributed by atoms with Crippen molar-refractivity contribution in [2.45, 2.75) is 12.7 Å². The van der Waals surface area contributed by atoms with Crippen molar-refractivity contribution in [3.05, 3.63) is 87.5 Å². The van der Waals surface area contributed by atoms with Gasteiger partial charge in [-0.1, -0.05) is 6.07 Å². The van der Waals surface area contributed by atoms with E-state index in [1.54, 1.807) is 24.3 Å². The smallest absolute Gasteiger partial charge is 0.416 e. The standard InChI is InChI=1S/C27H22F3N5O5/c28-27(29,30)21-5-2-18(3-6-21)25-31-32-26(40-25)19-4-7-22(23(14-19)35(38)39)34-11-9-33(10-12-34)15-17-1-8-24(37)20(13-17)16-36/h1-8,13-14,16,37H,9-12,15H2. The summed E-state index contributed by atoms with van der Waals surface area (Å²) in [4.78, 5) is 26.6. The summed E-state index contributed by atoms with van der Waals surface area (Å²) >= 11 is 0. The van der Waals surface area contributed by atoms with Crippen LogP contribution in [0.5, 0.6) is 5.75 Å². The molecule has 1 N–H and O–H groups in total. The number of alkyl halides is 3. The summed E-state index contributed by atoms with van der Waals surface area (Å²) in [6.07, 6.45) is -3.87. The third-order valence-corrected chi connectivity index (χ3v) is 6.64. The third-order valence-electron chi connectivity index (χ3n) is 6.64. The molecule has 13 heteroatoms. The Morgan fingerprint density at radius 1 is 0.950 bits per heavy atom. The average molecular weight is 553 g/mol. The van der Waals surface area contributed by atoms with Crippen LogP contribution in [0.3, 0.4) is 0 Å². The predicted molar refractivity (Wildman–Crippen MR) is 138 cm³/mol. The number of hydrogen-bond donors (Lipinski definition) is 1. The molecule has 2 heterocycles. The molecule has 0 amide bonds. The molecule has 0 atom stereocenters. The molecule has 0 aliphatic carbocycles. The van der Waals surface area contributed by atoms with Crippen molar-refractivity contribution in [2.24, 2.45) is 0 Å². The van der Waals surface area contributed by atoms with Crippen molar-refractivity contribution >= 4 is 17.7 Å². The fourth-order valence-electron chi connectivity index (χ4n) is 4.53. The summed E-state index contributed by atoms with van der Waals surface area (Å²) in [5.74, 6) is -0.0888. The number of piperazine rings is 1. The number of phenolic OH excluding ortho intramolecular Hbond substituents is 1. The Morgan fingerprint density at radius 2 is 1.60 bits per heavy atom. The number of rotatable bonds is 7. The number of halogens is 3. The molecular formula is C27H22F3N5O5. The average Bonchev–Trinajstić information content (AvgIpc) is 3.44. The lowest BCUT2D eigenvalue weighted by Crippen LogP contribution is -2.46. The second kappa shape index (κ2) is 10.8. The molecule has 1 saturated heterocycles. The zero-order chi connectivity index (χ0) is 28.4. The zero-order valence-corrected chi connectivity index (χ0v) is 20.8. The van der Waals surface area contributed by atoms with Crippen molar-refractivity contribution in [1.82, 2.24) is 15.1 Å². The Hall–Kier alpha value is -4.78. The summed E-state index contributed by atoms with van der Waals surface area (Å²) in [7, 11) is 0. The summed E-state index contributed by atoms with van der Waals surface area (Å²) in [6, 6.07) is 13.7. The minimum Gasteiger partial charge on any atom is -0.507 e. The number of benzene rings is 3. The highest BCUT2D eigenvalue weighted by molar-refractivity contribution is 5.79. The van der Waals surface area contributed by atoms with Crippen LogP contribution in [0.25, 0.3) is 22.9 Å². The predicted octanol–water partition coefficient (Wildman–Crippen LogP) is 5.17. The van der Waals surface area contributed by atoms with E-state index in [0.29, 0.717) is 50.3 Å². The number of aromatic hydroxyl groups is 1. The molecule has 10 nitrogen and oxygen atoms in total. The number of carbonyl (C=O) groups is 1. The summed E-state index contributed by atoms with van der Waals surface area (Å²) in [6.45, 7) is 2.86. The highest BCUT2D eigenvalue weighted by atomic mass is 19.4. The fraction of sp³-hybridized carbons (Fsp3) is 0.222. The van der Waals surface area contributed by atoms with Crippen LogP contribution < -0.4 is 4.90 Å². The number of nitrogens with zero attached hydrogens (tertiary/aromatic N) is 5. The summed E-state index contributed by atoms with van der Waals surface area (Å²) < 4.78 is 44.1. The van der Waals surface area contributed by atoms with Gasteiger partial charge in [-0.25, -0.2) is 0 Å². The lowest BCUT2D eigenvalue weighted by Gasteiger charge is -2.35. The van der Waals surface area contributed by atoms with Gasteiger partial charge in [0.15, 0.2) is 6.29 Å². The number of phenols is 1. The third kappa shape index (κ3) is 5.64. The van der Waals surface area contributed by atoms with E-state index in [1.807, 2.05) is 4.90 Å².